The van der Waals surface area contributed by atoms with Crippen LogP contribution in [-0.2, 0) is 0 Å². The van der Waals surface area contributed by atoms with Crippen molar-refractivity contribution in [2.45, 2.75) is 40.0 Å². The Morgan fingerprint density at radius 2 is 2.10 bits per heavy atom. The molecule has 0 radical (unpaired) electrons. The van der Waals surface area contributed by atoms with E-state index in [1.807, 2.05) is 4.90 Å². The van der Waals surface area contributed by atoms with Crippen molar-refractivity contribution in [2.24, 2.45) is 11.8 Å². The molecule has 0 atom stereocenters. The SMILES string of the molecule is CCCNc1ncc(F)c(N2CCC(C(C)C)CC2)n1. The van der Waals surface area contributed by atoms with Crippen LogP contribution in [0.15, 0.2) is 6.20 Å². The lowest BCUT2D eigenvalue weighted by Crippen LogP contribution is -2.36. The van der Waals surface area contributed by atoms with Crippen molar-refractivity contribution < 1.29 is 4.39 Å². The molecule has 1 N–H and O–H groups in total. The van der Waals surface area contributed by atoms with Gasteiger partial charge in [0.25, 0.3) is 0 Å². The molecule has 0 unspecified atom stereocenters. The molecular formula is C15H25FN4. The molecule has 112 valence electrons. The summed E-state index contributed by atoms with van der Waals surface area (Å²) in [6.07, 6.45) is 4.49. The van der Waals surface area contributed by atoms with Crippen molar-refractivity contribution in [3.05, 3.63) is 12.0 Å². The minimum absolute atomic E-state index is 0.324. The maximum absolute atomic E-state index is 13.9. The predicted octanol–water partition coefficient (Wildman–Crippen LogP) is 3.31. The summed E-state index contributed by atoms with van der Waals surface area (Å²) in [6, 6.07) is 0. The van der Waals surface area contributed by atoms with Gasteiger partial charge in [-0.25, -0.2) is 9.37 Å². The van der Waals surface area contributed by atoms with E-state index in [2.05, 4.69) is 36.1 Å². The molecule has 0 bridgehead atoms. The van der Waals surface area contributed by atoms with Gasteiger partial charge in [-0.05, 0) is 31.1 Å². The zero-order valence-corrected chi connectivity index (χ0v) is 12.7. The number of halogens is 1. The normalized spacial score (nSPS) is 16.8. The van der Waals surface area contributed by atoms with E-state index in [-0.39, 0.29) is 5.82 Å². The Hall–Kier alpha value is -1.39. The van der Waals surface area contributed by atoms with Crippen LogP contribution in [0, 0.1) is 17.7 Å². The van der Waals surface area contributed by atoms with E-state index in [0.717, 1.165) is 44.8 Å². The van der Waals surface area contributed by atoms with Crippen LogP contribution in [0.3, 0.4) is 0 Å². The number of piperidine rings is 1. The minimum Gasteiger partial charge on any atom is -0.354 e. The van der Waals surface area contributed by atoms with Gasteiger partial charge in [-0.2, -0.15) is 4.98 Å². The molecule has 1 aliphatic rings. The van der Waals surface area contributed by atoms with E-state index in [0.29, 0.717) is 17.7 Å². The Morgan fingerprint density at radius 3 is 2.70 bits per heavy atom. The summed E-state index contributed by atoms with van der Waals surface area (Å²) >= 11 is 0. The highest BCUT2D eigenvalue weighted by atomic mass is 19.1. The first-order chi connectivity index (χ1) is 9.61. The first kappa shape index (κ1) is 15.0. The molecule has 1 saturated heterocycles. The fourth-order valence-corrected chi connectivity index (χ4v) is 2.68. The van der Waals surface area contributed by atoms with Gasteiger partial charge in [0, 0.05) is 19.6 Å². The predicted molar refractivity (Wildman–Crippen MR) is 80.5 cm³/mol. The lowest BCUT2D eigenvalue weighted by atomic mass is 9.87. The molecule has 1 aliphatic heterocycles. The number of hydrogen-bond donors (Lipinski definition) is 1. The molecule has 2 rings (SSSR count). The number of anilines is 2. The zero-order chi connectivity index (χ0) is 14.5. The van der Waals surface area contributed by atoms with Crippen molar-refractivity contribution >= 4 is 11.8 Å². The lowest BCUT2D eigenvalue weighted by Gasteiger charge is -2.34. The van der Waals surface area contributed by atoms with Gasteiger partial charge in [0.2, 0.25) is 5.95 Å². The maximum atomic E-state index is 13.9. The van der Waals surface area contributed by atoms with Crippen molar-refractivity contribution in [1.82, 2.24) is 9.97 Å². The van der Waals surface area contributed by atoms with Crippen molar-refractivity contribution in [1.29, 1.82) is 0 Å². The maximum Gasteiger partial charge on any atom is 0.224 e. The second-order valence-electron chi connectivity index (χ2n) is 5.86. The largest absolute Gasteiger partial charge is 0.354 e. The quantitative estimate of drug-likeness (QED) is 0.898. The Kier molecular flexibility index (Phi) is 5.15. The third-order valence-electron chi connectivity index (χ3n) is 4.04. The topological polar surface area (TPSA) is 41.1 Å². The van der Waals surface area contributed by atoms with Gasteiger partial charge >= 0.3 is 0 Å². The molecule has 1 aromatic rings. The average molecular weight is 280 g/mol. The second-order valence-corrected chi connectivity index (χ2v) is 5.86. The van der Waals surface area contributed by atoms with Gasteiger partial charge in [0.05, 0.1) is 6.20 Å². The summed E-state index contributed by atoms with van der Waals surface area (Å²) in [7, 11) is 0. The van der Waals surface area contributed by atoms with Crippen LogP contribution in [0.2, 0.25) is 0 Å². The number of nitrogens with one attached hydrogen (secondary N) is 1. The fourth-order valence-electron chi connectivity index (χ4n) is 2.68. The van der Waals surface area contributed by atoms with Crippen LogP contribution >= 0.6 is 0 Å². The summed E-state index contributed by atoms with van der Waals surface area (Å²) in [4.78, 5) is 10.4. The summed E-state index contributed by atoms with van der Waals surface area (Å²) in [6.45, 7) is 9.17. The first-order valence-corrected chi connectivity index (χ1v) is 7.63. The molecule has 0 saturated carbocycles. The van der Waals surface area contributed by atoms with Crippen LogP contribution < -0.4 is 10.2 Å². The summed E-state index contributed by atoms with van der Waals surface area (Å²) in [5, 5.41) is 3.11. The second kappa shape index (κ2) is 6.86. The van der Waals surface area contributed by atoms with E-state index in [1.54, 1.807) is 0 Å². The molecule has 20 heavy (non-hydrogen) atoms. The third-order valence-corrected chi connectivity index (χ3v) is 4.04. The molecule has 0 aromatic carbocycles. The summed E-state index contributed by atoms with van der Waals surface area (Å²) < 4.78 is 13.9. The van der Waals surface area contributed by atoms with E-state index in [4.69, 9.17) is 0 Å². The molecule has 0 aliphatic carbocycles. The Balaban J connectivity index is 2.05. The number of nitrogens with zero attached hydrogens (tertiary/aromatic N) is 3. The summed E-state index contributed by atoms with van der Waals surface area (Å²) in [5.74, 6) is 2.09. The minimum atomic E-state index is -0.324. The van der Waals surface area contributed by atoms with Crippen LogP contribution in [0.4, 0.5) is 16.2 Å². The fraction of sp³-hybridized carbons (Fsp3) is 0.733. The molecule has 1 aromatic heterocycles. The van der Waals surface area contributed by atoms with Gasteiger partial charge in [-0.3, -0.25) is 0 Å². The van der Waals surface area contributed by atoms with Crippen LogP contribution in [-0.4, -0.2) is 29.6 Å². The molecule has 2 heterocycles. The molecular weight excluding hydrogens is 255 g/mol. The molecule has 0 spiro atoms. The molecule has 4 nitrogen and oxygen atoms in total. The van der Waals surface area contributed by atoms with E-state index in [9.17, 15) is 4.39 Å². The highest BCUT2D eigenvalue weighted by molar-refractivity contribution is 5.44. The smallest absolute Gasteiger partial charge is 0.224 e. The van der Waals surface area contributed by atoms with E-state index in [1.165, 1.54) is 6.20 Å². The van der Waals surface area contributed by atoms with Gasteiger partial charge in [-0.15, -0.1) is 0 Å². The van der Waals surface area contributed by atoms with Gasteiger partial charge < -0.3 is 10.2 Å². The first-order valence-electron chi connectivity index (χ1n) is 7.63. The molecule has 5 heteroatoms. The molecule has 0 amide bonds. The lowest BCUT2D eigenvalue weighted by molar-refractivity contribution is 0.309. The van der Waals surface area contributed by atoms with Crippen molar-refractivity contribution in [3.8, 4) is 0 Å². The monoisotopic (exact) mass is 280 g/mol. The third kappa shape index (κ3) is 3.58. The van der Waals surface area contributed by atoms with Crippen molar-refractivity contribution in [2.75, 3.05) is 29.9 Å². The van der Waals surface area contributed by atoms with Crippen molar-refractivity contribution in [3.63, 3.8) is 0 Å². The summed E-state index contributed by atoms with van der Waals surface area (Å²) in [5.41, 5.74) is 0. The Labute approximate surface area is 120 Å². The number of rotatable bonds is 5. The standard InChI is InChI=1S/C15H25FN4/c1-4-7-17-15-18-10-13(16)14(19-15)20-8-5-12(6-9-20)11(2)3/h10-12H,4-9H2,1-3H3,(H,17,18,19). The van der Waals surface area contributed by atoms with Gasteiger partial charge in [0.1, 0.15) is 0 Å². The van der Waals surface area contributed by atoms with E-state index < -0.39 is 0 Å². The highest BCUT2D eigenvalue weighted by Crippen LogP contribution is 2.28. The van der Waals surface area contributed by atoms with Crippen LogP contribution in [0.5, 0.6) is 0 Å². The molecule has 1 fully saturated rings. The van der Waals surface area contributed by atoms with E-state index >= 15 is 0 Å². The number of hydrogen-bond acceptors (Lipinski definition) is 4. The van der Waals surface area contributed by atoms with Crippen LogP contribution in [0.25, 0.3) is 0 Å². The number of aromatic nitrogens is 2. The van der Waals surface area contributed by atoms with Crippen LogP contribution in [0.1, 0.15) is 40.0 Å². The van der Waals surface area contributed by atoms with Gasteiger partial charge in [0.15, 0.2) is 11.6 Å². The van der Waals surface area contributed by atoms with Gasteiger partial charge in [-0.1, -0.05) is 20.8 Å². The zero-order valence-electron chi connectivity index (χ0n) is 12.7. The Bertz CT molecular complexity index is 428. The highest BCUT2D eigenvalue weighted by Gasteiger charge is 2.24. The average Bonchev–Trinajstić information content (AvgIpc) is 2.46. The Morgan fingerprint density at radius 1 is 1.40 bits per heavy atom.